The largest absolute Gasteiger partial charge is 0.415 e. The fourth-order valence-electron chi connectivity index (χ4n) is 3.10. The van der Waals surface area contributed by atoms with Crippen molar-refractivity contribution in [3.8, 4) is 22.6 Å². The highest BCUT2D eigenvalue weighted by Gasteiger charge is 2.17. The summed E-state index contributed by atoms with van der Waals surface area (Å²) >= 11 is 1.10. The van der Waals surface area contributed by atoms with Crippen molar-refractivity contribution in [2.75, 3.05) is 11.9 Å². The first kappa shape index (κ1) is 21.6. The quantitative estimate of drug-likeness (QED) is 0.271. The van der Waals surface area contributed by atoms with E-state index in [0.29, 0.717) is 12.1 Å². The number of hydrogen-bond donors (Lipinski definition) is 0. The normalized spacial score (nSPS) is 11.0. The molecule has 0 saturated carbocycles. The van der Waals surface area contributed by atoms with Gasteiger partial charge in [0.05, 0.1) is 23.5 Å². The molecule has 0 aliphatic heterocycles. The van der Waals surface area contributed by atoms with Crippen LogP contribution in [0.2, 0.25) is 0 Å². The highest BCUT2D eigenvalue weighted by atomic mass is 32.2. The van der Waals surface area contributed by atoms with Crippen molar-refractivity contribution in [3.05, 3.63) is 72.6 Å². The monoisotopic (exact) mass is 453 g/mol. The van der Waals surface area contributed by atoms with Crippen LogP contribution >= 0.6 is 11.8 Å². The van der Waals surface area contributed by atoms with E-state index in [2.05, 4.69) is 20.2 Å². The average Bonchev–Trinajstić information content (AvgIpc) is 3.31. The van der Waals surface area contributed by atoms with E-state index >= 15 is 0 Å². The lowest BCUT2D eigenvalue weighted by Gasteiger charge is -2.22. The topological polar surface area (TPSA) is 85.0 Å². The summed E-state index contributed by atoms with van der Waals surface area (Å²) in [5.41, 5.74) is 4.79. The molecule has 0 radical (unpaired) electrons. The number of rotatable bonds is 8. The molecule has 3 heterocycles. The SMILES string of the molecule is CN(Cc1ccc(-c2nnc(C(F)F)o2)cn1)c1ccc(-c2cccnc2)cc1SC=O. The lowest BCUT2D eigenvalue weighted by atomic mass is 10.1. The second-order valence-electron chi connectivity index (χ2n) is 6.78. The molecular formula is C22H17F2N5O2S. The zero-order valence-electron chi connectivity index (χ0n) is 16.9. The van der Waals surface area contributed by atoms with Crippen molar-refractivity contribution in [2.24, 2.45) is 0 Å². The van der Waals surface area contributed by atoms with Gasteiger partial charge < -0.3 is 9.32 Å². The molecule has 3 aromatic heterocycles. The summed E-state index contributed by atoms with van der Waals surface area (Å²) in [5.74, 6) is -0.734. The first-order valence-corrected chi connectivity index (χ1v) is 10.4. The minimum Gasteiger partial charge on any atom is -0.415 e. The Morgan fingerprint density at radius 1 is 1.09 bits per heavy atom. The van der Waals surface area contributed by atoms with Gasteiger partial charge in [-0.2, -0.15) is 8.78 Å². The van der Waals surface area contributed by atoms with E-state index in [-0.39, 0.29) is 5.89 Å². The number of carbonyl (C=O) groups excluding carboxylic acids is 1. The Labute approximate surface area is 186 Å². The lowest BCUT2D eigenvalue weighted by molar-refractivity contribution is 0.116. The predicted octanol–water partition coefficient (Wildman–Crippen LogP) is 5.05. The van der Waals surface area contributed by atoms with Crippen LogP contribution in [-0.2, 0) is 11.3 Å². The number of alkyl halides is 2. The van der Waals surface area contributed by atoms with Gasteiger partial charge in [0.2, 0.25) is 5.89 Å². The third-order valence-electron chi connectivity index (χ3n) is 4.64. The Kier molecular flexibility index (Phi) is 6.50. The Hall–Kier alpha value is -3.66. The van der Waals surface area contributed by atoms with E-state index in [0.717, 1.165) is 44.8 Å². The van der Waals surface area contributed by atoms with Crippen LogP contribution in [0.15, 0.2) is 70.4 Å². The molecule has 1 aromatic carbocycles. The maximum Gasteiger partial charge on any atom is 0.314 e. The second kappa shape index (κ2) is 9.65. The number of anilines is 1. The number of hydrogen-bond acceptors (Lipinski definition) is 8. The summed E-state index contributed by atoms with van der Waals surface area (Å²) < 4.78 is 30.2. The lowest BCUT2D eigenvalue weighted by Crippen LogP contribution is -2.18. The Morgan fingerprint density at radius 2 is 1.94 bits per heavy atom. The van der Waals surface area contributed by atoms with Gasteiger partial charge in [0, 0.05) is 36.1 Å². The Bertz CT molecular complexity index is 1200. The molecule has 0 unspecified atom stereocenters. The number of aromatic nitrogens is 4. The Morgan fingerprint density at radius 3 is 2.59 bits per heavy atom. The number of carbonyl (C=O) groups is 1. The van der Waals surface area contributed by atoms with Crippen LogP contribution in [0.1, 0.15) is 18.0 Å². The smallest absolute Gasteiger partial charge is 0.314 e. The Balaban J connectivity index is 1.52. The predicted molar refractivity (Wildman–Crippen MR) is 117 cm³/mol. The molecule has 0 spiro atoms. The molecule has 4 aromatic rings. The van der Waals surface area contributed by atoms with Gasteiger partial charge in [-0.1, -0.05) is 23.9 Å². The summed E-state index contributed by atoms with van der Waals surface area (Å²) in [6, 6.07) is 13.1. The van der Waals surface area contributed by atoms with E-state index in [1.54, 1.807) is 24.5 Å². The van der Waals surface area contributed by atoms with Crippen LogP contribution in [0.4, 0.5) is 14.5 Å². The minimum absolute atomic E-state index is 0.0108. The van der Waals surface area contributed by atoms with Crippen molar-refractivity contribution < 1.29 is 18.0 Å². The van der Waals surface area contributed by atoms with E-state index in [9.17, 15) is 13.6 Å². The van der Waals surface area contributed by atoms with Crippen molar-refractivity contribution >= 4 is 23.1 Å². The molecule has 4 rings (SSSR count). The first-order valence-electron chi connectivity index (χ1n) is 9.48. The van der Waals surface area contributed by atoms with Crippen LogP contribution in [0.25, 0.3) is 22.6 Å². The molecule has 0 atom stereocenters. The van der Waals surface area contributed by atoms with E-state index < -0.39 is 12.3 Å². The molecule has 10 heteroatoms. The van der Waals surface area contributed by atoms with Crippen molar-refractivity contribution in [3.63, 3.8) is 0 Å². The van der Waals surface area contributed by atoms with Crippen LogP contribution < -0.4 is 4.90 Å². The van der Waals surface area contributed by atoms with Crippen molar-refractivity contribution in [1.29, 1.82) is 0 Å². The van der Waals surface area contributed by atoms with Gasteiger partial charge in [0.25, 0.3) is 5.89 Å². The van der Waals surface area contributed by atoms with E-state index in [1.165, 1.54) is 6.20 Å². The van der Waals surface area contributed by atoms with Gasteiger partial charge in [-0.05, 0) is 35.9 Å². The van der Waals surface area contributed by atoms with Crippen molar-refractivity contribution in [2.45, 2.75) is 17.9 Å². The summed E-state index contributed by atoms with van der Waals surface area (Å²) in [6.07, 6.45) is 2.16. The highest BCUT2D eigenvalue weighted by Crippen LogP contribution is 2.33. The van der Waals surface area contributed by atoms with Crippen LogP contribution in [0, 0.1) is 0 Å². The van der Waals surface area contributed by atoms with Gasteiger partial charge >= 0.3 is 6.43 Å². The van der Waals surface area contributed by atoms with Gasteiger partial charge in [0.15, 0.2) is 5.62 Å². The molecule has 0 fully saturated rings. The minimum atomic E-state index is -2.82. The molecule has 32 heavy (non-hydrogen) atoms. The summed E-state index contributed by atoms with van der Waals surface area (Å²) in [6.45, 7) is 0.463. The molecule has 0 bridgehead atoms. The third kappa shape index (κ3) is 4.80. The zero-order valence-corrected chi connectivity index (χ0v) is 17.7. The maximum atomic E-state index is 12.6. The molecular weight excluding hydrogens is 436 g/mol. The number of thioether (sulfide) groups is 1. The fourth-order valence-corrected chi connectivity index (χ4v) is 3.74. The average molecular weight is 453 g/mol. The third-order valence-corrected chi connectivity index (χ3v) is 5.32. The van der Waals surface area contributed by atoms with Gasteiger partial charge in [-0.3, -0.25) is 14.8 Å². The van der Waals surface area contributed by atoms with Crippen LogP contribution in [0.5, 0.6) is 0 Å². The number of pyridine rings is 2. The second-order valence-corrected chi connectivity index (χ2v) is 7.65. The molecule has 0 amide bonds. The zero-order chi connectivity index (χ0) is 22.5. The molecule has 7 nitrogen and oxygen atoms in total. The molecule has 0 aliphatic rings. The van der Waals surface area contributed by atoms with Gasteiger partial charge in [0.1, 0.15) is 0 Å². The number of benzene rings is 1. The summed E-state index contributed by atoms with van der Waals surface area (Å²) in [5, 5.41) is 6.95. The van der Waals surface area contributed by atoms with E-state index in [1.807, 2.05) is 42.3 Å². The van der Waals surface area contributed by atoms with Crippen LogP contribution in [0.3, 0.4) is 0 Å². The molecule has 0 N–H and O–H groups in total. The van der Waals surface area contributed by atoms with Crippen LogP contribution in [-0.4, -0.2) is 32.8 Å². The summed E-state index contributed by atoms with van der Waals surface area (Å²) in [7, 11) is 1.90. The van der Waals surface area contributed by atoms with Crippen molar-refractivity contribution in [1.82, 2.24) is 20.2 Å². The molecule has 162 valence electrons. The standard InChI is InChI=1S/C22H17F2N5O2S/c1-29(12-17-6-4-16(11-26-17)21-27-28-22(31-21)20(23)24)18-7-5-14(9-19(18)32-13-30)15-3-2-8-25-10-15/h2-11,13,20H,12H2,1H3. The number of nitrogens with zero attached hydrogens (tertiary/aromatic N) is 5. The highest BCUT2D eigenvalue weighted by molar-refractivity contribution is 8.12. The first-order chi connectivity index (χ1) is 15.5. The summed E-state index contributed by atoms with van der Waals surface area (Å²) in [4.78, 5) is 22.5. The van der Waals surface area contributed by atoms with E-state index in [4.69, 9.17) is 4.42 Å². The van der Waals surface area contributed by atoms with Gasteiger partial charge in [-0.15, -0.1) is 10.2 Å². The number of halogens is 2. The molecule has 0 aliphatic carbocycles. The fraction of sp³-hybridized carbons (Fsp3) is 0.136. The van der Waals surface area contributed by atoms with Gasteiger partial charge in [-0.25, -0.2) is 0 Å². The maximum absolute atomic E-state index is 12.6. The molecule has 0 saturated heterocycles.